The summed E-state index contributed by atoms with van der Waals surface area (Å²) in [5.74, 6) is 1.52. The minimum atomic E-state index is -0.0190. The molecule has 2 heterocycles. The summed E-state index contributed by atoms with van der Waals surface area (Å²) in [6.07, 6.45) is 2.17. The quantitative estimate of drug-likeness (QED) is 0.805. The number of aromatic nitrogens is 2. The first kappa shape index (κ1) is 14.5. The molecule has 5 heteroatoms. The van der Waals surface area contributed by atoms with E-state index in [1.165, 1.54) is 0 Å². The molecular weight excluding hydrogens is 302 g/mol. The molecule has 0 fully saturated rings. The topological polar surface area (TPSA) is 56.1 Å². The molecule has 0 bridgehead atoms. The van der Waals surface area contributed by atoms with E-state index in [2.05, 4.69) is 10.3 Å². The van der Waals surface area contributed by atoms with Crippen LogP contribution in [0.4, 0.5) is 5.82 Å². The molecule has 1 aromatic heterocycles. The van der Waals surface area contributed by atoms with E-state index >= 15 is 0 Å². The number of hydrogen-bond donors (Lipinski definition) is 1. The molecule has 0 aliphatic carbocycles. The summed E-state index contributed by atoms with van der Waals surface area (Å²) in [6, 6.07) is 17.7. The van der Waals surface area contributed by atoms with Gasteiger partial charge in [0.15, 0.2) is 0 Å². The van der Waals surface area contributed by atoms with Crippen LogP contribution in [0, 0.1) is 0 Å². The summed E-state index contributed by atoms with van der Waals surface area (Å²) >= 11 is 0. The lowest BCUT2D eigenvalue weighted by atomic mass is 9.90. The number of imidazole rings is 1. The first-order chi connectivity index (χ1) is 11.8. The van der Waals surface area contributed by atoms with Crippen LogP contribution in [0.2, 0.25) is 0 Å². The van der Waals surface area contributed by atoms with Crippen LogP contribution >= 0.6 is 0 Å². The third kappa shape index (κ3) is 2.44. The van der Waals surface area contributed by atoms with Crippen LogP contribution in [-0.2, 0) is 4.79 Å². The Bertz CT molecular complexity index is 869. The van der Waals surface area contributed by atoms with Crippen LogP contribution in [-0.4, -0.2) is 22.6 Å². The first-order valence-corrected chi connectivity index (χ1v) is 7.82. The lowest BCUT2D eigenvalue weighted by Crippen LogP contribution is -2.24. The molecular formula is C19H17N3O2. The van der Waals surface area contributed by atoms with Crippen molar-refractivity contribution in [2.75, 3.05) is 12.4 Å². The Morgan fingerprint density at radius 2 is 1.88 bits per heavy atom. The molecule has 2 aromatic carbocycles. The monoisotopic (exact) mass is 319 g/mol. The zero-order chi connectivity index (χ0) is 16.5. The maximum absolute atomic E-state index is 12.2. The summed E-state index contributed by atoms with van der Waals surface area (Å²) in [6.45, 7) is 0. The molecule has 0 saturated carbocycles. The molecule has 1 atom stereocenters. The molecule has 0 spiro atoms. The van der Waals surface area contributed by atoms with Crippen molar-refractivity contribution in [2.24, 2.45) is 0 Å². The Morgan fingerprint density at radius 3 is 2.58 bits per heavy atom. The zero-order valence-electron chi connectivity index (χ0n) is 13.3. The Kier molecular flexibility index (Phi) is 3.54. The van der Waals surface area contributed by atoms with E-state index in [9.17, 15) is 4.79 Å². The fourth-order valence-electron chi connectivity index (χ4n) is 3.11. The lowest BCUT2D eigenvalue weighted by Gasteiger charge is -2.23. The third-order valence-electron chi connectivity index (χ3n) is 4.33. The second-order valence-corrected chi connectivity index (χ2v) is 5.76. The van der Waals surface area contributed by atoms with E-state index in [0.29, 0.717) is 6.42 Å². The van der Waals surface area contributed by atoms with Crippen molar-refractivity contribution in [1.29, 1.82) is 0 Å². The molecule has 1 aliphatic heterocycles. The van der Waals surface area contributed by atoms with E-state index < -0.39 is 0 Å². The largest absolute Gasteiger partial charge is 0.497 e. The predicted molar refractivity (Wildman–Crippen MR) is 91.6 cm³/mol. The van der Waals surface area contributed by atoms with Crippen LogP contribution in [0.5, 0.6) is 5.75 Å². The standard InChI is InChI=1S/C19H17N3O2/c1-24-15-9-7-14(8-10-15)22-12-20-18-16(11-17(23)21-19(18)22)13-5-3-2-4-6-13/h2-10,12,16H,11H2,1H3,(H,21,23). The van der Waals surface area contributed by atoms with Crippen LogP contribution in [0.25, 0.3) is 5.69 Å². The van der Waals surface area contributed by atoms with Gasteiger partial charge in [0.2, 0.25) is 5.91 Å². The molecule has 4 rings (SSSR count). The van der Waals surface area contributed by atoms with E-state index in [4.69, 9.17) is 4.74 Å². The van der Waals surface area contributed by atoms with Crippen molar-refractivity contribution in [2.45, 2.75) is 12.3 Å². The van der Waals surface area contributed by atoms with Crippen molar-refractivity contribution in [3.63, 3.8) is 0 Å². The smallest absolute Gasteiger partial charge is 0.226 e. The Morgan fingerprint density at radius 1 is 1.12 bits per heavy atom. The summed E-state index contributed by atoms with van der Waals surface area (Å²) in [7, 11) is 1.64. The zero-order valence-corrected chi connectivity index (χ0v) is 13.3. The van der Waals surface area contributed by atoms with Crippen molar-refractivity contribution >= 4 is 11.7 Å². The first-order valence-electron chi connectivity index (χ1n) is 7.82. The predicted octanol–water partition coefficient (Wildman–Crippen LogP) is 3.36. The Labute approximate surface area is 139 Å². The minimum absolute atomic E-state index is 0.00612. The number of benzene rings is 2. The van der Waals surface area contributed by atoms with E-state index in [0.717, 1.165) is 28.5 Å². The number of anilines is 1. The third-order valence-corrected chi connectivity index (χ3v) is 4.33. The van der Waals surface area contributed by atoms with Gasteiger partial charge in [0.1, 0.15) is 17.9 Å². The van der Waals surface area contributed by atoms with Crippen molar-refractivity contribution in [3.05, 3.63) is 72.2 Å². The number of carbonyl (C=O) groups is 1. The summed E-state index contributed by atoms with van der Waals surface area (Å²) < 4.78 is 7.10. The molecule has 0 radical (unpaired) electrons. The number of rotatable bonds is 3. The molecule has 1 aliphatic rings. The molecule has 0 saturated heterocycles. The molecule has 120 valence electrons. The highest BCUT2D eigenvalue weighted by molar-refractivity contribution is 5.94. The highest BCUT2D eigenvalue weighted by atomic mass is 16.5. The Balaban J connectivity index is 1.78. The van der Waals surface area contributed by atoms with Gasteiger partial charge in [0.25, 0.3) is 0 Å². The van der Waals surface area contributed by atoms with Crippen molar-refractivity contribution in [1.82, 2.24) is 9.55 Å². The number of amides is 1. The number of hydrogen-bond acceptors (Lipinski definition) is 3. The minimum Gasteiger partial charge on any atom is -0.497 e. The maximum Gasteiger partial charge on any atom is 0.226 e. The molecule has 24 heavy (non-hydrogen) atoms. The number of ether oxygens (including phenoxy) is 1. The Hall–Kier alpha value is -3.08. The van der Waals surface area contributed by atoms with Gasteiger partial charge < -0.3 is 10.1 Å². The number of methoxy groups -OCH3 is 1. The van der Waals surface area contributed by atoms with Gasteiger partial charge in [-0.2, -0.15) is 0 Å². The second-order valence-electron chi connectivity index (χ2n) is 5.76. The van der Waals surface area contributed by atoms with Gasteiger partial charge in [0.05, 0.1) is 12.8 Å². The van der Waals surface area contributed by atoms with Gasteiger partial charge in [-0.1, -0.05) is 30.3 Å². The number of nitrogens with one attached hydrogen (secondary N) is 1. The van der Waals surface area contributed by atoms with Gasteiger partial charge in [-0.25, -0.2) is 4.98 Å². The molecule has 3 aromatic rings. The average molecular weight is 319 g/mol. The highest BCUT2D eigenvalue weighted by Gasteiger charge is 2.30. The van der Waals surface area contributed by atoms with E-state index in [-0.39, 0.29) is 11.8 Å². The highest BCUT2D eigenvalue weighted by Crippen LogP contribution is 2.37. The van der Waals surface area contributed by atoms with Crippen LogP contribution in [0.3, 0.4) is 0 Å². The van der Waals surface area contributed by atoms with Crippen LogP contribution in [0.15, 0.2) is 60.9 Å². The maximum atomic E-state index is 12.2. The lowest BCUT2D eigenvalue weighted by molar-refractivity contribution is -0.116. The molecule has 5 nitrogen and oxygen atoms in total. The molecule has 1 unspecified atom stereocenters. The van der Waals surface area contributed by atoms with E-state index in [1.807, 2.05) is 59.2 Å². The summed E-state index contributed by atoms with van der Waals surface area (Å²) in [5.41, 5.74) is 2.93. The summed E-state index contributed by atoms with van der Waals surface area (Å²) in [5, 5.41) is 2.97. The molecule has 1 N–H and O–H groups in total. The van der Waals surface area contributed by atoms with Crippen LogP contribution in [0.1, 0.15) is 23.6 Å². The fourth-order valence-corrected chi connectivity index (χ4v) is 3.11. The fraction of sp³-hybridized carbons (Fsp3) is 0.158. The second kappa shape index (κ2) is 5.85. The SMILES string of the molecule is COc1ccc(-n2cnc3c2NC(=O)CC3c2ccccc2)cc1. The van der Waals surface area contributed by atoms with Gasteiger partial charge in [-0.3, -0.25) is 9.36 Å². The average Bonchev–Trinajstić information content (AvgIpc) is 3.05. The van der Waals surface area contributed by atoms with Crippen LogP contribution < -0.4 is 10.1 Å². The van der Waals surface area contributed by atoms with Gasteiger partial charge >= 0.3 is 0 Å². The van der Waals surface area contributed by atoms with Gasteiger partial charge in [-0.15, -0.1) is 0 Å². The van der Waals surface area contributed by atoms with Gasteiger partial charge in [0, 0.05) is 18.0 Å². The molecule has 1 amide bonds. The number of fused-ring (bicyclic) bond motifs is 1. The van der Waals surface area contributed by atoms with Crippen molar-refractivity contribution < 1.29 is 9.53 Å². The number of nitrogens with zero attached hydrogens (tertiary/aromatic N) is 2. The van der Waals surface area contributed by atoms with E-state index in [1.54, 1.807) is 13.4 Å². The normalized spacial score (nSPS) is 16.4. The number of carbonyl (C=O) groups excluding carboxylic acids is 1. The van der Waals surface area contributed by atoms with Gasteiger partial charge in [-0.05, 0) is 29.8 Å². The van der Waals surface area contributed by atoms with Crippen molar-refractivity contribution in [3.8, 4) is 11.4 Å². The summed E-state index contributed by atoms with van der Waals surface area (Å²) in [4.78, 5) is 16.8.